The second-order valence-electron chi connectivity index (χ2n) is 4.98. The molecule has 2 nitrogen and oxygen atoms in total. The van der Waals surface area contributed by atoms with Gasteiger partial charge in [0.25, 0.3) is 0 Å². The van der Waals surface area contributed by atoms with E-state index in [1.165, 1.54) is 25.9 Å². The van der Waals surface area contributed by atoms with Gasteiger partial charge in [-0.15, -0.1) is 0 Å². The van der Waals surface area contributed by atoms with Crippen molar-refractivity contribution in [1.29, 1.82) is 0 Å². The summed E-state index contributed by atoms with van der Waals surface area (Å²) >= 11 is 0. The lowest BCUT2D eigenvalue weighted by atomic mass is 10.0. The summed E-state index contributed by atoms with van der Waals surface area (Å²) in [4.78, 5) is 2.60. The van der Waals surface area contributed by atoms with Crippen LogP contribution in [-0.2, 0) is 0 Å². The van der Waals surface area contributed by atoms with Gasteiger partial charge in [0.1, 0.15) is 0 Å². The summed E-state index contributed by atoms with van der Waals surface area (Å²) in [6.07, 6.45) is 4.68. The van der Waals surface area contributed by atoms with E-state index < -0.39 is 0 Å². The minimum atomic E-state index is -0.130. The van der Waals surface area contributed by atoms with E-state index >= 15 is 0 Å². The van der Waals surface area contributed by atoms with Gasteiger partial charge in [-0.3, -0.25) is 0 Å². The molecule has 14 heavy (non-hydrogen) atoms. The highest BCUT2D eigenvalue weighted by molar-refractivity contribution is 4.81. The molecule has 2 heteroatoms. The number of hydrogen-bond donors (Lipinski definition) is 1. The molecule has 0 spiro atoms. The molecule has 0 radical (unpaired) electrons. The normalized spacial score (nSPS) is 25.9. The number of hydrogen-bond acceptors (Lipinski definition) is 2. The van der Waals surface area contributed by atoms with Gasteiger partial charge in [0.15, 0.2) is 0 Å². The molecule has 1 aliphatic rings. The molecule has 2 atom stereocenters. The zero-order chi connectivity index (χ0) is 10.6. The van der Waals surface area contributed by atoms with E-state index in [1.54, 1.807) is 0 Å². The second-order valence-corrected chi connectivity index (χ2v) is 4.98. The van der Waals surface area contributed by atoms with Crippen LogP contribution in [0.3, 0.4) is 0 Å². The van der Waals surface area contributed by atoms with Gasteiger partial charge in [0.05, 0.1) is 6.10 Å². The fourth-order valence-electron chi connectivity index (χ4n) is 2.47. The summed E-state index contributed by atoms with van der Waals surface area (Å²) in [5, 5.41) is 9.18. The van der Waals surface area contributed by atoms with E-state index in [0.717, 1.165) is 24.8 Å². The number of likely N-dealkylation sites (tertiary alicyclic amines) is 1. The lowest BCUT2D eigenvalue weighted by molar-refractivity contribution is 0.159. The smallest absolute Gasteiger partial charge is 0.0512 e. The number of rotatable bonds is 5. The van der Waals surface area contributed by atoms with Crippen LogP contribution in [0.25, 0.3) is 0 Å². The molecule has 1 heterocycles. The van der Waals surface area contributed by atoms with Crippen molar-refractivity contribution in [1.82, 2.24) is 4.90 Å². The van der Waals surface area contributed by atoms with Gasteiger partial charge in [-0.1, -0.05) is 13.8 Å². The fourth-order valence-corrected chi connectivity index (χ4v) is 2.47. The summed E-state index contributed by atoms with van der Waals surface area (Å²) < 4.78 is 0. The molecule has 0 aliphatic carbocycles. The molecule has 0 aromatic heterocycles. The standard InChI is InChI=1S/C12H25NO/c1-10(2)12-7-5-9-13(12)8-4-6-11(3)14/h10-12,14H,4-9H2,1-3H3. The van der Waals surface area contributed by atoms with Crippen molar-refractivity contribution in [2.45, 2.75) is 58.6 Å². The van der Waals surface area contributed by atoms with Crippen molar-refractivity contribution in [2.24, 2.45) is 5.92 Å². The van der Waals surface area contributed by atoms with Crippen LogP contribution in [0, 0.1) is 5.92 Å². The Hall–Kier alpha value is -0.0800. The third-order valence-corrected chi connectivity index (χ3v) is 3.25. The quantitative estimate of drug-likeness (QED) is 0.734. The first-order valence-corrected chi connectivity index (χ1v) is 6.03. The molecule has 0 bridgehead atoms. The largest absolute Gasteiger partial charge is 0.393 e. The minimum Gasteiger partial charge on any atom is -0.393 e. The molecule has 0 aromatic rings. The Bertz CT molecular complexity index is 156. The summed E-state index contributed by atoms with van der Waals surface area (Å²) in [6.45, 7) is 8.95. The van der Waals surface area contributed by atoms with Crippen LogP contribution in [0.1, 0.15) is 46.5 Å². The van der Waals surface area contributed by atoms with Crippen molar-refractivity contribution in [3.8, 4) is 0 Å². The van der Waals surface area contributed by atoms with Crippen LogP contribution >= 0.6 is 0 Å². The van der Waals surface area contributed by atoms with Gasteiger partial charge in [-0.05, 0) is 51.6 Å². The Morgan fingerprint density at radius 2 is 2.07 bits per heavy atom. The van der Waals surface area contributed by atoms with Crippen molar-refractivity contribution >= 4 is 0 Å². The minimum absolute atomic E-state index is 0.130. The lowest BCUT2D eigenvalue weighted by Crippen LogP contribution is -2.34. The third-order valence-electron chi connectivity index (χ3n) is 3.25. The molecule has 0 saturated carbocycles. The Morgan fingerprint density at radius 3 is 2.64 bits per heavy atom. The predicted molar refractivity (Wildman–Crippen MR) is 60.3 cm³/mol. The number of nitrogens with zero attached hydrogens (tertiary/aromatic N) is 1. The SMILES string of the molecule is CC(O)CCCN1CCCC1C(C)C. The average molecular weight is 199 g/mol. The summed E-state index contributed by atoms with van der Waals surface area (Å²) in [5.74, 6) is 0.782. The average Bonchev–Trinajstić information content (AvgIpc) is 2.51. The highest BCUT2D eigenvalue weighted by Crippen LogP contribution is 2.23. The molecule has 1 fully saturated rings. The van der Waals surface area contributed by atoms with Gasteiger partial charge < -0.3 is 10.0 Å². The molecular formula is C12H25NO. The van der Waals surface area contributed by atoms with Crippen LogP contribution in [0.5, 0.6) is 0 Å². The van der Waals surface area contributed by atoms with Crippen molar-refractivity contribution in [3.63, 3.8) is 0 Å². The van der Waals surface area contributed by atoms with Crippen molar-refractivity contribution in [2.75, 3.05) is 13.1 Å². The van der Waals surface area contributed by atoms with E-state index in [9.17, 15) is 5.11 Å². The van der Waals surface area contributed by atoms with Gasteiger partial charge in [-0.25, -0.2) is 0 Å². The molecule has 2 unspecified atom stereocenters. The summed E-state index contributed by atoms with van der Waals surface area (Å²) in [5.41, 5.74) is 0. The van der Waals surface area contributed by atoms with Crippen LogP contribution in [0.4, 0.5) is 0 Å². The van der Waals surface area contributed by atoms with Crippen molar-refractivity contribution in [3.05, 3.63) is 0 Å². The van der Waals surface area contributed by atoms with Crippen LogP contribution in [-0.4, -0.2) is 35.2 Å². The van der Waals surface area contributed by atoms with E-state index in [4.69, 9.17) is 0 Å². The van der Waals surface area contributed by atoms with E-state index in [1.807, 2.05) is 6.92 Å². The maximum atomic E-state index is 9.18. The molecule has 1 saturated heterocycles. The molecule has 1 rings (SSSR count). The maximum Gasteiger partial charge on any atom is 0.0512 e. The molecular weight excluding hydrogens is 174 g/mol. The number of aliphatic hydroxyl groups is 1. The fraction of sp³-hybridized carbons (Fsp3) is 1.00. The molecule has 1 aliphatic heterocycles. The second kappa shape index (κ2) is 5.72. The highest BCUT2D eigenvalue weighted by atomic mass is 16.3. The Balaban J connectivity index is 2.22. The molecule has 1 N–H and O–H groups in total. The monoisotopic (exact) mass is 199 g/mol. The zero-order valence-corrected chi connectivity index (χ0v) is 9.87. The molecule has 0 amide bonds. The van der Waals surface area contributed by atoms with Gasteiger partial charge >= 0.3 is 0 Å². The Labute approximate surface area is 88.3 Å². The number of aliphatic hydroxyl groups excluding tert-OH is 1. The predicted octanol–water partition coefficient (Wildman–Crippen LogP) is 2.27. The molecule has 84 valence electrons. The van der Waals surface area contributed by atoms with Crippen LogP contribution in [0.2, 0.25) is 0 Å². The van der Waals surface area contributed by atoms with E-state index in [2.05, 4.69) is 18.7 Å². The highest BCUT2D eigenvalue weighted by Gasteiger charge is 2.26. The Morgan fingerprint density at radius 1 is 1.36 bits per heavy atom. The zero-order valence-electron chi connectivity index (χ0n) is 9.87. The van der Waals surface area contributed by atoms with E-state index in [0.29, 0.717) is 0 Å². The third kappa shape index (κ3) is 3.58. The summed E-state index contributed by atoms with van der Waals surface area (Å²) in [6, 6.07) is 0.795. The maximum absolute atomic E-state index is 9.18. The van der Waals surface area contributed by atoms with Gasteiger partial charge in [0.2, 0.25) is 0 Å². The van der Waals surface area contributed by atoms with Crippen LogP contribution in [0.15, 0.2) is 0 Å². The van der Waals surface area contributed by atoms with Crippen LogP contribution < -0.4 is 0 Å². The van der Waals surface area contributed by atoms with Gasteiger partial charge in [-0.2, -0.15) is 0 Å². The summed E-state index contributed by atoms with van der Waals surface area (Å²) in [7, 11) is 0. The molecule has 0 aromatic carbocycles. The van der Waals surface area contributed by atoms with Crippen molar-refractivity contribution < 1.29 is 5.11 Å². The van der Waals surface area contributed by atoms with Gasteiger partial charge in [0, 0.05) is 6.04 Å². The Kier molecular flexibility index (Phi) is 4.90. The topological polar surface area (TPSA) is 23.5 Å². The van der Waals surface area contributed by atoms with E-state index in [-0.39, 0.29) is 6.10 Å². The first-order chi connectivity index (χ1) is 6.61. The first-order valence-electron chi connectivity index (χ1n) is 6.03. The first kappa shape index (κ1) is 12.0. The lowest BCUT2D eigenvalue weighted by Gasteiger charge is -2.27.